The van der Waals surface area contributed by atoms with Crippen LogP contribution in [0.15, 0.2) is 12.1 Å². The maximum atomic E-state index is 12.1. The van der Waals surface area contributed by atoms with Crippen LogP contribution >= 0.6 is 0 Å². The predicted octanol–water partition coefficient (Wildman–Crippen LogP) is 0.709. The summed E-state index contributed by atoms with van der Waals surface area (Å²) in [5.74, 6) is 2.56. The van der Waals surface area contributed by atoms with E-state index in [9.17, 15) is 14.8 Å². The highest BCUT2D eigenvalue weighted by Gasteiger charge is 2.26. The van der Waals surface area contributed by atoms with E-state index >= 15 is 0 Å². The van der Waals surface area contributed by atoms with Crippen molar-refractivity contribution >= 4 is 18.7 Å². The highest BCUT2D eigenvalue weighted by Crippen LogP contribution is 2.16. The molecule has 1 heterocycles. The molecule has 2 N–H and O–H groups in total. The van der Waals surface area contributed by atoms with Crippen LogP contribution in [0.25, 0.3) is 0 Å². The van der Waals surface area contributed by atoms with Gasteiger partial charge in [-0.25, -0.2) is 4.79 Å². The van der Waals surface area contributed by atoms with Crippen molar-refractivity contribution in [1.29, 1.82) is 0 Å². The van der Waals surface area contributed by atoms with Gasteiger partial charge in [-0.3, -0.25) is 4.90 Å². The minimum absolute atomic E-state index is 0.284. The van der Waals surface area contributed by atoms with Gasteiger partial charge in [-0.15, -0.1) is 6.42 Å². The Labute approximate surface area is 155 Å². The van der Waals surface area contributed by atoms with E-state index in [1.54, 1.807) is 11.0 Å². The molecule has 6 nitrogen and oxygen atoms in total. The van der Waals surface area contributed by atoms with Crippen molar-refractivity contribution in [3.63, 3.8) is 0 Å². The standard InChI is InChI=1S/C19H27BN2O4/c1-6-15-11-16(14(2)17(12-15)20(24)25)13-21-7-9-22(10-8-21)18(23)26-19(3,4)5/h1,11-12,24-25H,7-10,13H2,2-5H3. The van der Waals surface area contributed by atoms with Gasteiger partial charge < -0.3 is 19.7 Å². The van der Waals surface area contributed by atoms with Crippen LogP contribution in [0.1, 0.15) is 37.5 Å². The lowest BCUT2D eigenvalue weighted by molar-refractivity contribution is 0.0139. The van der Waals surface area contributed by atoms with E-state index in [0.29, 0.717) is 30.7 Å². The molecule has 0 unspecified atom stereocenters. The molecule has 0 radical (unpaired) electrons. The molecule has 0 aliphatic carbocycles. The Morgan fingerprint density at radius 3 is 2.38 bits per heavy atom. The first kappa shape index (κ1) is 20.3. The van der Waals surface area contributed by atoms with Crippen molar-refractivity contribution in [3.05, 3.63) is 28.8 Å². The summed E-state index contributed by atoms with van der Waals surface area (Å²) in [6.07, 6.45) is 5.20. The number of ether oxygens (including phenoxy) is 1. The lowest BCUT2D eigenvalue weighted by Gasteiger charge is -2.36. The second kappa shape index (κ2) is 8.13. The monoisotopic (exact) mass is 358 g/mol. The first-order valence-electron chi connectivity index (χ1n) is 8.77. The summed E-state index contributed by atoms with van der Waals surface area (Å²) in [7, 11) is -1.55. The van der Waals surface area contributed by atoms with Gasteiger partial charge in [-0.05, 0) is 56.4 Å². The third-order valence-electron chi connectivity index (χ3n) is 4.42. The molecule has 7 heteroatoms. The number of piperazine rings is 1. The van der Waals surface area contributed by atoms with Crippen LogP contribution in [0.2, 0.25) is 0 Å². The third kappa shape index (κ3) is 5.24. The fraction of sp³-hybridized carbons (Fsp3) is 0.526. The van der Waals surface area contributed by atoms with Crippen LogP contribution in [0.5, 0.6) is 0 Å². The molecule has 1 aromatic rings. The van der Waals surface area contributed by atoms with Crippen LogP contribution in [0.3, 0.4) is 0 Å². The zero-order valence-electron chi connectivity index (χ0n) is 16.0. The van der Waals surface area contributed by atoms with E-state index in [4.69, 9.17) is 11.2 Å². The smallest absolute Gasteiger partial charge is 0.444 e. The van der Waals surface area contributed by atoms with E-state index < -0.39 is 12.7 Å². The Morgan fingerprint density at radius 1 is 1.27 bits per heavy atom. The zero-order valence-corrected chi connectivity index (χ0v) is 16.0. The predicted molar refractivity (Wildman–Crippen MR) is 102 cm³/mol. The highest BCUT2D eigenvalue weighted by molar-refractivity contribution is 6.59. The number of amides is 1. The Balaban J connectivity index is 2.03. The molecule has 0 spiro atoms. The van der Waals surface area contributed by atoms with Crippen LogP contribution in [-0.2, 0) is 11.3 Å². The fourth-order valence-corrected chi connectivity index (χ4v) is 2.97. The van der Waals surface area contributed by atoms with Crippen molar-refractivity contribution in [2.75, 3.05) is 26.2 Å². The summed E-state index contributed by atoms with van der Waals surface area (Å²) in [6, 6.07) is 3.53. The van der Waals surface area contributed by atoms with Crippen LogP contribution < -0.4 is 5.46 Å². The maximum Gasteiger partial charge on any atom is 0.488 e. The minimum Gasteiger partial charge on any atom is -0.444 e. The minimum atomic E-state index is -1.55. The summed E-state index contributed by atoms with van der Waals surface area (Å²) in [5, 5.41) is 19.1. The van der Waals surface area contributed by atoms with Crippen LogP contribution in [-0.4, -0.2) is 64.8 Å². The zero-order chi connectivity index (χ0) is 19.5. The van der Waals surface area contributed by atoms with Gasteiger partial charge in [0.1, 0.15) is 5.60 Å². The van der Waals surface area contributed by atoms with Gasteiger partial charge in [0.25, 0.3) is 0 Å². The van der Waals surface area contributed by atoms with Gasteiger partial charge in [0.15, 0.2) is 0 Å². The molecule has 140 valence electrons. The Hall–Kier alpha value is -2.01. The van der Waals surface area contributed by atoms with Crippen LogP contribution in [0, 0.1) is 19.3 Å². The first-order valence-corrected chi connectivity index (χ1v) is 8.77. The summed E-state index contributed by atoms with van der Waals surface area (Å²) in [4.78, 5) is 16.1. The van der Waals surface area contributed by atoms with Gasteiger partial charge in [-0.1, -0.05) is 5.92 Å². The van der Waals surface area contributed by atoms with E-state index in [-0.39, 0.29) is 6.09 Å². The normalized spacial score (nSPS) is 15.5. The number of hydrogen-bond donors (Lipinski definition) is 2. The maximum absolute atomic E-state index is 12.1. The Morgan fingerprint density at radius 2 is 1.88 bits per heavy atom. The Kier molecular flexibility index (Phi) is 6.35. The summed E-state index contributed by atoms with van der Waals surface area (Å²) < 4.78 is 5.41. The molecular formula is C19H27BN2O4. The summed E-state index contributed by atoms with van der Waals surface area (Å²) in [5.41, 5.74) is 2.36. The molecule has 1 aromatic carbocycles. The Bertz CT molecular complexity index is 699. The SMILES string of the molecule is C#Cc1cc(CN2CCN(C(=O)OC(C)(C)C)CC2)c(C)c(B(O)O)c1. The molecule has 0 saturated carbocycles. The number of nitrogens with zero attached hydrogens (tertiary/aromatic N) is 2. The molecule has 26 heavy (non-hydrogen) atoms. The molecule has 1 aliphatic heterocycles. The highest BCUT2D eigenvalue weighted by atomic mass is 16.6. The molecule has 1 fully saturated rings. The first-order chi connectivity index (χ1) is 12.1. The van der Waals surface area contributed by atoms with E-state index in [2.05, 4.69) is 10.8 Å². The number of rotatable bonds is 3. The van der Waals surface area contributed by atoms with Gasteiger partial charge in [-0.2, -0.15) is 0 Å². The number of carbonyl (C=O) groups excluding carboxylic acids is 1. The number of terminal acetylenes is 1. The van der Waals surface area contributed by atoms with Crippen molar-refractivity contribution in [2.45, 2.75) is 39.8 Å². The average molecular weight is 358 g/mol. The molecule has 0 aromatic heterocycles. The van der Waals surface area contributed by atoms with Crippen molar-refractivity contribution in [3.8, 4) is 12.3 Å². The quantitative estimate of drug-likeness (QED) is 0.615. The van der Waals surface area contributed by atoms with Crippen molar-refractivity contribution < 1.29 is 19.6 Å². The molecular weight excluding hydrogens is 331 g/mol. The van der Waals surface area contributed by atoms with Crippen LogP contribution in [0.4, 0.5) is 4.79 Å². The summed E-state index contributed by atoms with van der Waals surface area (Å²) in [6.45, 7) is 10.7. The number of hydrogen-bond acceptors (Lipinski definition) is 5. The van der Waals surface area contributed by atoms with Crippen molar-refractivity contribution in [2.24, 2.45) is 0 Å². The number of carbonyl (C=O) groups is 1. The fourth-order valence-electron chi connectivity index (χ4n) is 2.97. The number of benzene rings is 1. The largest absolute Gasteiger partial charge is 0.488 e. The van der Waals surface area contributed by atoms with E-state index in [0.717, 1.165) is 24.2 Å². The molecule has 1 aliphatic rings. The molecule has 2 rings (SSSR count). The molecule has 1 amide bonds. The second-order valence-electron chi connectivity index (χ2n) is 7.61. The van der Waals surface area contributed by atoms with Crippen molar-refractivity contribution in [1.82, 2.24) is 9.80 Å². The average Bonchev–Trinajstić information content (AvgIpc) is 2.55. The molecule has 1 saturated heterocycles. The van der Waals surface area contributed by atoms with E-state index in [1.165, 1.54) is 0 Å². The topological polar surface area (TPSA) is 73.2 Å². The van der Waals surface area contributed by atoms with Gasteiger partial charge >= 0.3 is 13.2 Å². The van der Waals surface area contributed by atoms with Gasteiger partial charge in [0.2, 0.25) is 0 Å². The summed E-state index contributed by atoms with van der Waals surface area (Å²) >= 11 is 0. The second-order valence-corrected chi connectivity index (χ2v) is 7.61. The molecule has 0 atom stereocenters. The lowest BCUT2D eigenvalue weighted by atomic mass is 9.75. The van der Waals surface area contributed by atoms with Gasteiger partial charge in [0, 0.05) is 38.3 Å². The van der Waals surface area contributed by atoms with Gasteiger partial charge in [0.05, 0.1) is 0 Å². The lowest BCUT2D eigenvalue weighted by Crippen LogP contribution is -2.49. The van der Waals surface area contributed by atoms with E-state index in [1.807, 2.05) is 33.8 Å². The third-order valence-corrected chi connectivity index (χ3v) is 4.42. The molecule has 0 bridgehead atoms.